The molecule has 0 saturated carbocycles. The highest BCUT2D eigenvalue weighted by atomic mass is 16.4. The number of piperidine rings is 1. The Bertz CT molecular complexity index is 499. The molecule has 5 nitrogen and oxygen atoms in total. The second-order valence-corrected chi connectivity index (χ2v) is 4.57. The monoisotopic (exact) mass is 245 g/mol. The lowest BCUT2D eigenvalue weighted by molar-refractivity contribution is -0.142. The molecular weight excluding hydrogens is 230 g/mol. The number of hydrogen-bond acceptors (Lipinski definition) is 4. The van der Waals surface area contributed by atoms with E-state index in [-0.39, 0.29) is 5.92 Å². The SMILES string of the molecule is Cc1cc(C#N)cc(N2CCC(C(=O)O)CC2)n1. The van der Waals surface area contributed by atoms with E-state index >= 15 is 0 Å². The molecule has 1 saturated heterocycles. The maximum atomic E-state index is 10.9. The van der Waals surface area contributed by atoms with Gasteiger partial charge in [-0.3, -0.25) is 4.79 Å². The minimum atomic E-state index is -0.718. The lowest BCUT2D eigenvalue weighted by Crippen LogP contribution is -2.36. The van der Waals surface area contributed by atoms with Gasteiger partial charge in [0.1, 0.15) is 5.82 Å². The van der Waals surface area contributed by atoms with E-state index in [4.69, 9.17) is 10.4 Å². The van der Waals surface area contributed by atoms with Gasteiger partial charge in [-0.25, -0.2) is 4.98 Å². The summed E-state index contributed by atoms with van der Waals surface area (Å²) in [4.78, 5) is 17.3. The number of carboxylic acids is 1. The second kappa shape index (κ2) is 5.05. The largest absolute Gasteiger partial charge is 0.481 e. The number of pyridine rings is 1. The van der Waals surface area contributed by atoms with Gasteiger partial charge in [-0.05, 0) is 31.9 Å². The van der Waals surface area contributed by atoms with Crippen LogP contribution in [0.1, 0.15) is 24.1 Å². The molecule has 0 radical (unpaired) electrons. The standard InChI is InChI=1S/C13H15N3O2/c1-9-6-10(8-14)7-12(15-9)16-4-2-11(3-5-16)13(17)18/h6-7,11H,2-5H2,1H3,(H,17,18). The minimum absolute atomic E-state index is 0.249. The lowest BCUT2D eigenvalue weighted by atomic mass is 9.97. The molecule has 1 aromatic heterocycles. The molecule has 1 aromatic rings. The van der Waals surface area contributed by atoms with Crippen LogP contribution in [0.5, 0.6) is 0 Å². The van der Waals surface area contributed by atoms with Crippen LogP contribution in [0, 0.1) is 24.2 Å². The Kier molecular flexibility index (Phi) is 3.47. The van der Waals surface area contributed by atoms with Crippen LogP contribution in [0.2, 0.25) is 0 Å². The van der Waals surface area contributed by atoms with Crippen molar-refractivity contribution in [2.24, 2.45) is 5.92 Å². The summed E-state index contributed by atoms with van der Waals surface area (Å²) >= 11 is 0. The van der Waals surface area contributed by atoms with Crippen LogP contribution in [0.15, 0.2) is 12.1 Å². The molecule has 2 rings (SSSR count). The number of aromatic nitrogens is 1. The zero-order valence-electron chi connectivity index (χ0n) is 10.3. The lowest BCUT2D eigenvalue weighted by Gasteiger charge is -2.31. The molecule has 1 N–H and O–H groups in total. The summed E-state index contributed by atoms with van der Waals surface area (Å²) in [5.74, 6) is -0.193. The van der Waals surface area contributed by atoms with E-state index in [1.165, 1.54) is 0 Å². The zero-order chi connectivity index (χ0) is 13.1. The number of nitrogens with zero attached hydrogens (tertiary/aromatic N) is 3. The smallest absolute Gasteiger partial charge is 0.306 e. The van der Waals surface area contributed by atoms with Crippen molar-refractivity contribution in [1.29, 1.82) is 5.26 Å². The number of aliphatic carboxylic acids is 1. The Morgan fingerprint density at radius 2 is 2.17 bits per heavy atom. The third kappa shape index (κ3) is 2.59. The van der Waals surface area contributed by atoms with Crippen molar-refractivity contribution in [3.05, 3.63) is 23.4 Å². The number of nitriles is 1. The molecule has 1 fully saturated rings. The highest BCUT2D eigenvalue weighted by Gasteiger charge is 2.25. The van der Waals surface area contributed by atoms with Gasteiger partial charge in [-0.1, -0.05) is 0 Å². The molecule has 1 aliphatic rings. The average Bonchev–Trinajstić information content (AvgIpc) is 2.38. The Balaban J connectivity index is 2.12. The van der Waals surface area contributed by atoms with E-state index in [0.717, 1.165) is 11.5 Å². The summed E-state index contributed by atoms with van der Waals surface area (Å²) in [5.41, 5.74) is 1.40. The topological polar surface area (TPSA) is 77.2 Å². The molecule has 0 unspecified atom stereocenters. The number of anilines is 1. The van der Waals surface area contributed by atoms with Crippen LogP contribution >= 0.6 is 0 Å². The fourth-order valence-corrected chi connectivity index (χ4v) is 2.23. The summed E-state index contributed by atoms with van der Waals surface area (Å²) in [6.07, 6.45) is 1.26. The molecule has 18 heavy (non-hydrogen) atoms. The normalized spacial score (nSPS) is 16.3. The Hall–Kier alpha value is -2.09. The van der Waals surface area contributed by atoms with Crippen molar-refractivity contribution in [1.82, 2.24) is 4.98 Å². The van der Waals surface area contributed by atoms with Crippen LogP contribution in [-0.4, -0.2) is 29.1 Å². The first-order chi connectivity index (χ1) is 8.60. The third-order valence-corrected chi connectivity index (χ3v) is 3.24. The molecule has 0 aromatic carbocycles. The van der Waals surface area contributed by atoms with Gasteiger partial charge < -0.3 is 10.0 Å². The number of aryl methyl sites for hydroxylation is 1. The highest BCUT2D eigenvalue weighted by molar-refractivity contribution is 5.70. The third-order valence-electron chi connectivity index (χ3n) is 3.24. The minimum Gasteiger partial charge on any atom is -0.481 e. The van der Waals surface area contributed by atoms with Crippen molar-refractivity contribution in [3.63, 3.8) is 0 Å². The number of hydrogen-bond donors (Lipinski definition) is 1. The molecule has 0 amide bonds. The summed E-state index contributed by atoms with van der Waals surface area (Å²) in [6, 6.07) is 5.62. The Morgan fingerprint density at radius 1 is 1.50 bits per heavy atom. The van der Waals surface area contributed by atoms with Gasteiger partial charge >= 0.3 is 5.97 Å². The fourth-order valence-electron chi connectivity index (χ4n) is 2.23. The molecular formula is C13H15N3O2. The predicted octanol–water partition coefficient (Wildman–Crippen LogP) is 1.56. The second-order valence-electron chi connectivity index (χ2n) is 4.57. The fraction of sp³-hybridized carbons (Fsp3) is 0.462. The summed E-state index contributed by atoms with van der Waals surface area (Å²) in [5, 5.41) is 17.9. The Morgan fingerprint density at radius 3 is 2.72 bits per heavy atom. The maximum absolute atomic E-state index is 10.9. The van der Waals surface area contributed by atoms with Crippen LogP contribution in [0.25, 0.3) is 0 Å². The quantitative estimate of drug-likeness (QED) is 0.855. The van der Waals surface area contributed by atoms with Crippen LogP contribution in [0.3, 0.4) is 0 Å². The highest BCUT2D eigenvalue weighted by Crippen LogP contribution is 2.23. The Labute approximate surface area is 106 Å². The maximum Gasteiger partial charge on any atom is 0.306 e. The van der Waals surface area contributed by atoms with E-state index in [2.05, 4.69) is 11.1 Å². The molecule has 0 bridgehead atoms. The van der Waals surface area contributed by atoms with Gasteiger partial charge in [0.25, 0.3) is 0 Å². The van der Waals surface area contributed by atoms with Crippen molar-refractivity contribution in [3.8, 4) is 6.07 Å². The van der Waals surface area contributed by atoms with Gasteiger partial charge in [0.2, 0.25) is 0 Å². The van der Waals surface area contributed by atoms with E-state index in [0.29, 0.717) is 31.5 Å². The average molecular weight is 245 g/mol. The summed E-state index contributed by atoms with van der Waals surface area (Å²) in [7, 11) is 0. The molecule has 2 heterocycles. The van der Waals surface area contributed by atoms with Crippen LogP contribution in [-0.2, 0) is 4.79 Å². The van der Waals surface area contributed by atoms with Crippen molar-refractivity contribution >= 4 is 11.8 Å². The molecule has 1 aliphatic heterocycles. The van der Waals surface area contributed by atoms with E-state index in [9.17, 15) is 4.79 Å². The van der Waals surface area contributed by atoms with Gasteiger partial charge in [0.05, 0.1) is 17.6 Å². The molecule has 0 atom stereocenters. The first-order valence-electron chi connectivity index (χ1n) is 5.96. The number of carboxylic acid groups (broad SMARTS) is 1. The van der Waals surface area contributed by atoms with Crippen LogP contribution in [0.4, 0.5) is 5.82 Å². The molecule has 0 spiro atoms. The first kappa shape index (κ1) is 12.4. The van der Waals surface area contributed by atoms with Gasteiger partial charge in [-0.2, -0.15) is 5.26 Å². The van der Waals surface area contributed by atoms with Crippen molar-refractivity contribution in [2.45, 2.75) is 19.8 Å². The molecule has 0 aliphatic carbocycles. The van der Waals surface area contributed by atoms with E-state index < -0.39 is 5.97 Å². The molecule has 94 valence electrons. The molecule has 5 heteroatoms. The summed E-state index contributed by atoms with van der Waals surface area (Å²) < 4.78 is 0. The first-order valence-corrected chi connectivity index (χ1v) is 5.96. The van der Waals surface area contributed by atoms with Crippen molar-refractivity contribution in [2.75, 3.05) is 18.0 Å². The van der Waals surface area contributed by atoms with E-state index in [1.807, 2.05) is 11.8 Å². The number of rotatable bonds is 2. The predicted molar refractivity (Wildman–Crippen MR) is 66.3 cm³/mol. The zero-order valence-corrected chi connectivity index (χ0v) is 10.3. The van der Waals surface area contributed by atoms with E-state index in [1.54, 1.807) is 12.1 Å². The summed E-state index contributed by atoms with van der Waals surface area (Å²) in [6.45, 7) is 3.21. The van der Waals surface area contributed by atoms with Gasteiger partial charge in [-0.15, -0.1) is 0 Å². The van der Waals surface area contributed by atoms with Crippen LogP contribution < -0.4 is 4.90 Å². The van der Waals surface area contributed by atoms with Crippen molar-refractivity contribution < 1.29 is 9.90 Å². The number of carbonyl (C=O) groups is 1. The van der Waals surface area contributed by atoms with Gasteiger partial charge in [0, 0.05) is 18.8 Å². The van der Waals surface area contributed by atoms with Gasteiger partial charge in [0.15, 0.2) is 0 Å².